The van der Waals surface area contributed by atoms with E-state index >= 15 is 0 Å². The van der Waals surface area contributed by atoms with Crippen molar-refractivity contribution in [2.24, 2.45) is 0 Å². The Morgan fingerprint density at radius 3 is 2.23 bits per heavy atom. The molecule has 0 saturated heterocycles. The molecule has 0 radical (unpaired) electrons. The second-order valence-electron chi connectivity index (χ2n) is 5.35. The van der Waals surface area contributed by atoms with Crippen LogP contribution < -0.4 is 10.9 Å². The molecule has 0 spiro atoms. The first-order chi connectivity index (χ1) is 12.6. The number of hydrazine groups is 1. The molecule has 1 atom stereocenters. The summed E-state index contributed by atoms with van der Waals surface area (Å²) in [7, 11) is 0. The Kier molecular flexibility index (Phi) is 7.70. The average Bonchev–Trinajstić information content (AvgIpc) is 2.67. The lowest BCUT2D eigenvalue weighted by Gasteiger charge is -2.14. The number of esters is 1. The molecule has 0 aliphatic heterocycles. The van der Waals surface area contributed by atoms with Crippen molar-refractivity contribution in [3.8, 4) is 0 Å². The standard InChI is InChI=1S/C19H20N2O4S/c1-14(18(23)20-21-19(24)15-8-4-2-5-9-15)25-17(22)12-13-26-16-10-6-3-7-11-16/h2-11,14H,12-13H2,1H3,(H,20,23)(H,21,24)/t14-/m0/s1. The lowest BCUT2D eigenvalue weighted by Crippen LogP contribution is -2.46. The fourth-order valence-corrected chi connectivity index (χ4v) is 2.81. The molecule has 6 nitrogen and oxygen atoms in total. The van der Waals surface area contributed by atoms with E-state index < -0.39 is 23.9 Å². The molecule has 0 fully saturated rings. The van der Waals surface area contributed by atoms with Crippen LogP contribution in [0.25, 0.3) is 0 Å². The molecule has 136 valence electrons. The highest BCUT2D eigenvalue weighted by molar-refractivity contribution is 7.99. The minimum absolute atomic E-state index is 0.188. The SMILES string of the molecule is C[C@H](OC(=O)CCSc1ccccc1)C(=O)NNC(=O)c1ccccc1. The molecule has 0 aromatic heterocycles. The fraction of sp³-hybridized carbons (Fsp3) is 0.211. The number of rotatable bonds is 7. The van der Waals surface area contributed by atoms with Gasteiger partial charge in [-0.25, -0.2) is 0 Å². The molecule has 0 unspecified atom stereocenters. The Morgan fingerprint density at radius 1 is 0.962 bits per heavy atom. The lowest BCUT2D eigenvalue weighted by molar-refractivity contribution is -0.154. The summed E-state index contributed by atoms with van der Waals surface area (Å²) in [6.45, 7) is 1.45. The van der Waals surface area contributed by atoms with Gasteiger partial charge in [0, 0.05) is 16.2 Å². The van der Waals surface area contributed by atoms with Crippen LogP contribution >= 0.6 is 11.8 Å². The van der Waals surface area contributed by atoms with Crippen molar-refractivity contribution in [3.63, 3.8) is 0 Å². The van der Waals surface area contributed by atoms with Gasteiger partial charge in [0.1, 0.15) is 0 Å². The van der Waals surface area contributed by atoms with Crippen molar-refractivity contribution in [3.05, 3.63) is 66.2 Å². The van der Waals surface area contributed by atoms with Gasteiger partial charge in [0.25, 0.3) is 11.8 Å². The van der Waals surface area contributed by atoms with Gasteiger partial charge in [0.05, 0.1) is 6.42 Å². The normalized spacial score (nSPS) is 11.3. The number of amides is 2. The van der Waals surface area contributed by atoms with E-state index in [-0.39, 0.29) is 6.42 Å². The van der Waals surface area contributed by atoms with E-state index in [1.165, 1.54) is 18.7 Å². The third-order valence-corrected chi connectivity index (χ3v) is 4.34. The van der Waals surface area contributed by atoms with Crippen LogP contribution in [0.1, 0.15) is 23.7 Å². The van der Waals surface area contributed by atoms with E-state index in [0.717, 1.165) is 4.90 Å². The maximum Gasteiger partial charge on any atom is 0.307 e. The summed E-state index contributed by atoms with van der Waals surface area (Å²) >= 11 is 1.54. The maximum atomic E-state index is 11.9. The highest BCUT2D eigenvalue weighted by Gasteiger charge is 2.18. The number of ether oxygens (including phenoxy) is 1. The molecule has 2 amide bonds. The van der Waals surface area contributed by atoms with Gasteiger partial charge in [-0.1, -0.05) is 36.4 Å². The van der Waals surface area contributed by atoms with Crippen molar-refractivity contribution >= 4 is 29.5 Å². The Morgan fingerprint density at radius 2 is 1.58 bits per heavy atom. The predicted molar refractivity (Wildman–Crippen MR) is 99.4 cm³/mol. The molecule has 2 rings (SSSR count). The van der Waals surface area contributed by atoms with E-state index in [0.29, 0.717) is 11.3 Å². The average molecular weight is 372 g/mol. The Bertz CT molecular complexity index is 738. The number of hydrogen-bond acceptors (Lipinski definition) is 5. The van der Waals surface area contributed by atoms with Gasteiger partial charge in [-0.2, -0.15) is 0 Å². The summed E-state index contributed by atoms with van der Waals surface area (Å²) in [5.74, 6) is -0.956. The van der Waals surface area contributed by atoms with Crippen LogP contribution in [-0.2, 0) is 14.3 Å². The van der Waals surface area contributed by atoms with Crippen LogP contribution in [0.5, 0.6) is 0 Å². The zero-order valence-electron chi connectivity index (χ0n) is 14.3. The Hall–Kier alpha value is -2.80. The fourth-order valence-electron chi connectivity index (χ4n) is 1.96. The molecule has 2 aromatic rings. The van der Waals surface area contributed by atoms with Crippen LogP contribution in [0.3, 0.4) is 0 Å². The molecule has 2 aromatic carbocycles. The highest BCUT2D eigenvalue weighted by Crippen LogP contribution is 2.17. The van der Waals surface area contributed by atoms with Gasteiger partial charge in [-0.3, -0.25) is 25.2 Å². The number of nitrogens with one attached hydrogen (secondary N) is 2. The molecule has 0 aliphatic carbocycles. The number of hydrogen-bond donors (Lipinski definition) is 2. The van der Waals surface area contributed by atoms with Crippen LogP contribution in [-0.4, -0.2) is 29.6 Å². The number of carbonyl (C=O) groups is 3. The highest BCUT2D eigenvalue weighted by atomic mass is 32.2. The van der Waals surface area contributed by atoms with E-state index in [4.69, 9.17) is 4.74 Å². The number of benzene rings is 2. The van der Waals surface area contributed by atoms with E-state index in [9.17, 15) is 14.4 Å². The number of carbonyl (C=O) groups excluding carboxylic acids is 3. The first-order valence-corrected chi connectivity index (χ1v) is 9.07. The first-order valence-electron chi connectivity index (χ1n) is 8.09. The first kappa shape index (κ1) is 19.5. The van der Waals surface area contributed by atoms with E-state index in [1.807, 2.05) is 30.3 Å². The molecule has 0 bridgehead atoms. The van der Waals surface area contributed by atoms with E-state index in [2.05, 4.69) is 10.9 Å². The molecule has 0 aliphatic rings. The molecule has 0 saturated carbocycles. The number of thioether (sulfide) groups is 1. The van der Waals surface area contributed by atoms with Crippen LogP contribution in [0.2, 0.25) is 0 Å². The summed E-state index contributed by atoms with van der Waals surface area (Å²) in [6, 6.07) is 18.2. The van der Waals surface area contributed by atoms with Crippen molar-refractivity contribution in [1.82, 2.24) is 10.9 Å². The van der Waals surface area contributed by atoms with Gasteiger partial charge in [0.15, 0.2) is 6.10 Å². The van der Waals surface area contributed by atoms with Crippen LogP contribution in [0, 0.1) is 0 Å². The smallest absolute Gasteiger partial charge is 0.307 e. The topological polar surface area (TPSA) is 84.5 Å². The minimum atomic E-state index is -1.000. The third-order valence-electron chi connectivity index (χ3n) is 3.33. The summed E-state index contributed by atoms with van der Waals surface area (Å²) in [6.07, 6.45) is -0.812. The Balaban J connectivity index is 1.67. The van der Waals surface area contributed by atoms with Crippen molar-refractivity contribution < 1.29 is 19.1 Å². The summed E-state index contributed by atoms with van der Waals surface area (Å²) < 4.78 is 5.07. The van der Waals surface area contributed by atoms with Gasteiger partial charge in [0.2, 0.25) is 0 Å². The van der Waals surface area contributed by atoms with Crippen LogP contribution in [0.15, 0.2) is 65.6 Å². The van der Waals surface area contributed by atoms with Gasteiger partial charge in [-0.05, 0) is 31.2 Å². The summed E-state index contributed by atoms with van der Waals surface area (Å²) in [5, 5.41) is 0. The summed E-state index contributed by atoms with van der Waals surface area (Å²) in [5.41, 5.74) is 4.94. The third kappa shape index (κ3) is 6.60. The monoisotopic (exact) mass is 372 g/mol. The van der Waals surface area contributed by atoms with Crippen molar-refractivity contribution in [1.29, 1.82) is 0 Å². The molecular weight excluding hydrogens is 352 g/mol. The Labute approximate surface area is 156 Å². The minimum Gasteiger partial charge on any atom is -0.452 e. The zero-order valence-corrected chi connectivity index (χ0v) is 15.1. The molecule has 2 N–H and O–H groups in total. The zero-order chi connectivity index (χ0) is 18.8. The van der Waals surface area contributed by atoms with Crippen molar-refractivity contribution in [2.45, 2.75) is 24.3 Å². The summed E-state index contributed by atoms with van der Waals surface area (Å²) in [4.78, 5) is 36.6. The van der Waals surface area contributed by atoms with E-state index in [1.54, 1.807) is 30.3 Å². The molecule has 26 heavy (non-hydrogen) atoms. The molecular formula is C19H20N2O4S. The van der Waals surface area contributed by atoms with Crippen LogP contribution in [0.4, 0.5) is 0 Å². The van der Waals surface area contributed by atoms with Gasteiger partial charge < -0.3 is 4.74 Å². The quantitative estimate of drug-likeness (QED) is 0.443. The van der Waals surface area contributed by atoms with Gasteiger partial charge >= 0.3 is 5.97 Å². The molecule has 0 heterocycles. The largest absolute Gasteiger partial charge is 0.452 e. The second-order valence-corrected chi connectivity index (χ2v) is 6.52. The predicted octanol–water partition coefficient (Wildman–Crippen LogP) is 2.56. The maximum absolute atomic E-state index is 11.9. The van der Waals surface area contributed by atoms with Gasteiger partial charge in [-0.15, -0.1) is 11.8 Å². The lowest BCUT2D eigenvalue weighted by atomic mass is 10.2. The second kappa shape index (κ2) is 10.2. The van der Waals surface area contributed by atoms with Crippen molar-refractivity contribution in [2.75, 3.05) is 5.75 Å². The molecule has 7 heteroatoms.